The molecule has 0 aromatic carbocycles. The summed E-state index contributed by atoms with van der Waals surface area (Å²) in [4.78, 5) is 0. The molecule has 0 aromatic heterocycles. The molecule has 14 N–H and O–H groups in total. The van der Waals surface area contributed by atoms with Crippen LogP contribution in [0.3, 0.4) is 0 Å². The first-order chi connectivity index (χ1) is 15.5. The van der Waals surface area contributed by atoms with Crippen LogP contribution in [0.15, 0.2) is 0 Å². The van der Waals surface area contributed by atoms with Crippen molar-refractivity contribution < 1.29 is 85.7 Å². The van der Waals surface area contributed by atoms with Gasteiger partial charge in [-0.1, -0.05) is 0 Å². The van der Waals surface area contributed by atoms with E-state index in [9.17, 15) is 51.1 Å². The van der Waals surface area contributed by atoms with Crippen LogP contribution in [-0.4, -0.2) is 167 Å². The van der Waals surface area contributed by atoms with Gasteiger partial charge in [-0.25, -0.2) is 0 Å². The van der Waals surface area contributed by atoms with Crippen LogP contribution < -0.4 is 0 Å². The third-order valence-electron chi connectivity index (χ3n) is 6.05. The SMILES string of the molecule is C[C@@H]1O[C@@H](O[C@H]2[C@@H](O)[C@@H](CO)O[C@@H](O[C@H]3[C@H](O)[C@@H](O)[C@H](O)O[C@@H]3CO)[C@@H]2O)[C@@H](O)[C@H](O)[C@@H]1O.O.O. The van der Waals surface area contributed by atoms with Gasteiger partial charge in [0.15, 0.2) is 18.9 Å². The van der Waals surface area contributed by atoms with Gasteiger partial charge in [-0.05, 0) is 6.92 Å². The van der Waals surface area contributed by atoms with E-state index in [1.165, 1.54) is 6.92 Å². The maximum atomic E-state index is 10.7. The van der Waals surface area contributed by atoms with Crippen LogP contribution in [-0.2, 0) is 23.7 Å². The predicted molar refractivity (Wildman–Crippen MR) is 107 cm³/mol. The summed E-state index contributed by atoms with van der Waals surface area (Å²) in [6.45, 7) is -0.122. The highest BCUT2D eigenvalue weighted by molar-refractivity contribution is 4.96. The molecule has 17 heteroatoms. The highest BCUT2D eigenvalue weighted by Crippen LogP contribution is 2.32. The van der Waals surface area contributed by atoms with E-state index in [-0.39, 0.29) is 11.0 Å². The lowest BCUT2D eigenvalue weighted by atomic mass is 9.96. The summed E-state index contributed by atoms with van der Waals surface area (Å²) in [6, 6.07) is 0. The molecule has 0 radical (unpaired) electrons. The van der Waals surface area contributed by atoms with Crippen molar-refractivity contribution in [3.8, 4) is 0 Å². The highest BCUT2D eigenvalue weighted by Gasteiger charge is 2.53. The molecule has 0 saturated carbocycles. The Bertz CT molecular complexity index is 626. The molecule has 0 aliphatic carbocycles. The number of aliphatic hydroxyl groups is 10. The summed E-state index contributed by atoms with van der Waals surface area (Å²) in [5, 5.41) is 99.9. The van der Waals surface area contributed by atoms with Gasteiger partial charge in [0.25, 0.3) is 0 Å². The third-order valence-corrected chi connectivity index (χ3v) is 6.05. The molecule has 3 heterocycles. The minimum absolute atomic E-state index is 0. The maximum Gasteiger partial charge on any atom is 0.187 e. The molecule has 3 fully saturated rings. The Morgan fingerprint density at radius 2 is 1.09 bits per heavy atom. The summed E-state index contributed by atoms with van der Waals surface area (Å²) in [7, 11) is 0. The topological polar surface area (TPSA) is 311 Å². The first kappa shape index (κ1) is 32.3. The van der Waals surface area contributed by atoms with Crippen molar-refractivity contribution in [1.29, 1.82) is 0 Å². The normalized spacial score (nSPS) is 50.7. The molecule has 17 nitrogen and oxygen atoms in total. The lowest BCUT2D eigenvalue weighted by Crippen LogP contribution is -2.66. The summed E-state index contributed by atoms with van der Waals surface area (Å²) in [5.74, 6) is 0. The molecule has 210 valence electrons. The molecule has 0 amide bonds. The summed E-state index contributed by atoms with van der Waals surface area (Å²) >= 11 is 0. The zero-order chi connectivity index (χ0) is 24.6. The standard InChI is InChI=1S/C18H32O15.2H2O/c1-4-7(21)9(23)12(26)17(29-4)33-15-8(22)5(2-19)31-18(13(15)27)32-14-6(3-20)30-16(28)11(25)10(14)24;;/h4-28H,2-3H2,1H3;2*1H2/t4-,5+,6+,7+,8-,9+,10+,11+,12-,13+,14+,15-,16+,17-,18-;;/m0../s1. The van der Waals surface area contributed by atoms with Crippen molar-refractivity contribution in [2.24, 2.45) is 0 Å². The van der Waals surface area contributed by atoms with Crippen molar-refractivity contribution >= 4 is 0 Å². The van der Waals surface area contributed by atoms with Crippen LogP contribution in [0.2, 0.25) is 0 Å². The van der Waals surface area contributed by atoms with Crippen LogP contribution in [0.25, 0.3) is 0 Å². The van der Waals surface area contributed by atoms with E-state index in [1.54, 1.807) is 0 Å². The second-order valence-corrected chi connectivity index (χ2v) is 8.32. The summed E-state index contributed by atoms with van der Waals surface area (Å²) in [6.07, 6.45) is -23.9. The van der Waals surface area contributed by atoms with Gasteiger partial charge in [-0.2, -0.15) is 0 Å². The number of hydrogen-bond acceptors (Lipinski definition) is 15. The van der Waals surface area contributed by atoms with Gasteiger partial charge < -0.3 is 85.7 Å². The first-order valence-electron chi connectivity index (χ1n) is 10.4. The molecule has 3 aliphatic heterocycles. The second kappa shape index (κ2) is 13.2. The Kier molecular flexibility index (Phi) is 12.2. The van der Waals surface area contributed by atoms with Crippen LogP contribution in [0.1, 0.15) is 6.92 Å². The highest BCUT2D eigenvalue weighted by atomic mass is 16.7. The lowest BCUT2D eigenvalue weighted by molar-refractivity contribution is -0.377. The largest absolute Gasteiger partial charge is 0.412 e. The predicted octanol–water partition coefficient (Wildman–Crippen LogP) is -8.19. The minimum Gasteiger partial charge on any atom is -0.412 e. The third kappa shape index (κ3) is 6.43. The van der Waals surface area contributed by atoms with Crippen LogP contribution >= 0.6 is 0 Å². The van der Waals surface area contributed by atoms with Gasteiger partial charge in [0.1, 0.15) is 67.1 Å². The van der Waals surface area contributed by atoms with E-state index < -0.39 is 105 Å². The average molecular weight is 524 g/mol. The van der Waals surface area contributed by atoms with Gasteiger partial charge in [0.05, 0.1) is 19.3 Å². The lowest BCUT2D eigenvalue weighted by Gasteiger charge is -2.47. The molecule has 3 saturated heterocycles. The van der Waals surface area contributed by atoms with Crippen LogP contribution in [0, 0.1) is 0 Å². The molecular formula is C18H36O17. The van der Waals surface area contributed by atoms with Gasteiger partial charge in [0.2, 0.25) is 0 Å². The zero-order valence-electron chi connectivity index (χ0n) is 18.6. The smallest absolute Gasteiger partial charge is 0.187 e. The number of aliphatic hydroxyl groups excluding tert-OH is 10. The van der Waals surface area contributed by atoms with Crippen molar-refractivity contribution in [1.82, 2.24) is 0 Å². The fourth-order valence-electron chi connectivity index (χ4n) is 4.00. The van der Waals surface area contributed by atoms with E-state index in [0.717, 1.165) is 0 Å². The van der Waals surface area contributed by atoms with E-state index in [1.807, 2.05) is 0 Å². The molecule has 35 heavy (non-hydrogen) atoms. The van der Waals surface area contributed by atoms with E-state index in [2.05, 4.69) is 0 Å². The van der Waals surface area contributed by atoms with Gasteiger partial charge in [-0.15, -0.1) is 0 Å². The molecule has 15 atom stereocenters. The fourth-order valence-corrected chi connectivity index (χ4v) is 4.00. The monoisotopic (exact) mass is 524 g/mol. The van der Waals surface area contributed by atoms with E-state index >= 15 is 0 Å². The maximum absolute atomic E-state index is 10.7. The molecule has 0 unspecified atom stereocenters. The van der Waals surface area contributed by atoms with Crippen molar-refractivity contribution in [2.45, 2.75) is 99.0 Å². The van der Waals surface area contributed by atoms with Gasteiger partial charge in [0, 0.05) is 0 Å². The van der Waals surface area contributed by atoms with E-state index in [0.29, 0.717) is 0 Å². The molecule has 0 spiro atoms. The van der Waals surface area contributed by atoms with E-state index in [4.69, 9.17) is 23.7 Å². The summed E-state index contributed by atoms with van der Waals surface area (Å²) < 4.78 is 26.6. The molecule has 0 bridgehead atoms. The zero-order valence-corrected chi connectivity index (χ0v) is 18.6. The van der Waals surface area contributed by atoms with Crippen LogP contribution in [0.5, 0.6) is 0 Å². The van der Waals surface area contributed by atoms with Crippen LogP contribution in [0.4, 0.5) is 0 Å². The Labute approximate surface area is 198 Å². The quantitative estimate of drug-likeness (QED) is 0.154. The Morgan fingerprint density at radius 3 is 1.66 bits per heavy atom. The molecule has 0 aromatic rings. The van der Waals surface area contributed by atoms with Crippen molar-refractivity contribution in [2.75, 3.05) is 13.2 Å². The Balaban J connectivity index is 0.00000306. The molecular weight excluding hydrogens is 488 g/mol. The van der Waals surface area contributed by atoms with Crippen molar-refractivity contribution in [3.63, 3.8) is 0 Å². The van der Waals surface area contributed by atoms with Gasteiger partial charge in [-0.3, -0.25) is 0 Å². The number of ether oxygens (including phenoxy) is 5. The van der Waals surface area contributed by atoms with Crippen molar-refractivity contribution in [3.05, 3.63) is 0 Å². The molecule has 3 rings (SSSR count). The first-order valence-corrected chi connectivity index (χ1v) is 10.4. The summed E-state index contributed by atoms with van der Waals surface area (Å²) in [5.41, 5.74) is 0. The fraction of sp³-hybridized carbons (Fsp3) is 1.00. The number of rotatable bonds is 6. The average Bonchev–Trinajstić information content (AvgIpc) is 2.79. The second-order valence-electron chi connectivity index (χ2n) is 8.32. The molecule has 3 aliphatic rings. The minimum atomic E-state index is -1.84. The number of hydrogen-bond donors (Lipinski definition) is 10. The van der Waals surface area contributed by atoms with Gasteiger partial charge >= 0.3 is 0 Å². The Hall–Kier alpha value is -0.680. The Morgan fingerprint density at radius 1 is 0.543 bits per heavy atom.